The predicted octanol–water partition coefficient (Wildman–Crippen LogP) is 6.82. The molecule has 5 aromatic rings. The highest BCUT2D eigenvalue weighted by atomic mass is 32.1. The van der Waals surface area contributed by atoms with E-state index >= 15 is 0 Å². The van der Waals surface area contributed by atoms with Crippen LogP contribution in [0.5, 0.6) is 0 Å². The number of aromatic nitrogens is 4. The van der Waals surface area contributed by atoms with Crippen LogP contribution >= 0.6 is 22.7 Å². The second-order valence-corrected chi connectivity index (χ2v) is 12.9. The molecule has 7 nitrogen and oxygen atoms in total. The van der Waals surface area contributed by atoms with E-state index in [4.69, 9.17) is 0 Å². The van der Waals surface area contributed by atoms with Crippen LogP contribution < -0.4 is 5.32 Å². The number of alkyl halides is 3. The van der Waals surface area contributed by atoms with E-state index in [1.54, 1.807) is 17.4 Å². The summed E-state index contributed by atoms with van der Waals surface area (Å²) in [5, 5.41) is 16.0. The average molecular weight is 596 g/mol. The summed E-state index contributed by atoms with van der Waals surface area (Å²) >= 11 is 2.72. The predicted molar refractivity (Wildman–Crippen MR) is 156 cm³/mol. The smallest absolute Gasteiger partial charge is 0.367 e. The van der Waals surface area contributed by atoms with Crippen molar-refractivity contribution in [3.05, 3.63) is 68.4 Å². The minimum atomic E-state index is -4.25. The maximum absolute atomic E-state index is 12.9. The van der Waals surface area contributed by atoms with Gasteiger partial charge in [0.15, 0.2) is 0 Å². The molecule has 0 aliphatic carbocycles. The van der Waals surface area contributed by atoms with Crippen molar-refractivity contribution in [1.82, 2.24) is 24.4 Å². The van der Waals surface area contributed by atoms with Crippen molar-refractivity contribution in [2.45, 2.75) is 58.4 Å². The topological polar surface area (TPSA) is 82.7 Å². The molecule has 0 spiro atoms. The zero-order chi connectivity index (χ0) is 28.7. The molecular formula is C29H28F3N7S2. The van der Waals surface area contributed by atoms with Gasteiger partial charge in [0.2, 0.25) is 0 Å². The highest BCUT2D eigenvalue weighted by Crippen LogP contribution is 2.33. The van der Waals surface area contributed by atoms with E-state index in [1.165, 1.54) is 17.5 Å². The van der Waals surface area contributed by atoms with Crippen molar-refractivity contribution in [1.29, 1.82) is 5.26 Å². The van der Waals surface area contributed by atoms with Gasteiger partial charge in [-0.1, -0.05) is 6.07 Å². The van der Waals surface area contributed by atoms with Crippen molar-refractivity contribution in [3.63, 3.8) is 0 Å². The van der Waals surface area contributed by atoms with E-state index in [2.05, 4.69) is 50.3 Å². The number of anilines is 1. The Labute approximate surface area is 243 Å². The molecule has 1 N–H and O–H groups in total. The maximum Gasteiger partial charge on any atom is 0.393 e. The molecule has 1 fully saturated rings. The first-order chi connectivity index (χ1) is 19.7. The molecule has 0 amide bonds. The Morgan fingerprint density at radius 3 is 2.56 bits per heavy atom. The summed E-state index contributed by atoms with van der Waals surface area (Å²) in [4.78, 5) is 17.4. The fourth-order valence-corrected chi connectivity index (χ4v) is 7.34. The largest absolute Gasteiger partial charge is 0.393 e. The van der Waals surface area contributed by atoms with Crippen molar-refractivity contribution in [3.8, 4) is 6.07 Å². The monoisotopic (exact) mass is 595 g/mol. The van der Waals surface area contributed by atoms with E-state index in [0.29, 0.717) is 28.3 Å². The van der Waals surface area contributed by atoms with E-state index in [9.17, 15) is 18.4 Å². The third kappa shape index (κ3) is 5.93. The fraction of sp³-hybridized carbons (Fsp3) is 0.379. The van der Waals surface area contributed by atoms with Crippen LogP contribution in [0.4, 0.5) is 19.0 Å². The number of thiazole rings is 1. The van der Waals surface area contributed by atoms with E-state index in [0.717, 1.165) is 64.6 Å². The van der Waals surface area contributed by atoms with Gasteiger partial charge in [0.05, 0.1) is 18.4 Å². The molecule has 1 aromatic carbocycles. The lowest BCUT2D eigenvalue weighted by Crippen LogP contribution is -2.39. The first-order valence-corrected chi connectivity index (χ1v) is 15.0. The molecule has 1 aliphatic heterocycles. The molecule has 12 heteroatoms. The van der Waals surface area contributed by atoms with Gasteiger partial charge in [0, 0.05) is 52.5 Å². The molecule has 5 heterocycles. The van der Waals surface area contributed by atoms with Crippen LogP contribution in [0.1, 0.15) is 44.4 Å². The number of likely N-dealkylation sites (tertiary alicyclic amines) is 1. The summed E-state index contributed by atoms with van der Waals surface area (Å²) < 4.78 is 40.7. The van der Waals surface area contributed by atoms with E-state index in [1.807, 2.05) is 23.8 Å². The number of hydrogen-bond acceptors (Lipinski definition) is 8. The van der Waals surface area contributed by atoms with Gasteiger partial charge < -0.3 is 9.88 Å². The lowest BCUT2D eigenvalue weighted by molar-refractivity contribution is -0.126. The summed E-state index contributed by atoms with van der Waals surface area (Å²) in [5.74, 6) is 0.602. The first-order valence-electron chi connectivity index (χ1n) is 13.4. The number of thiophene rings is 1. The van der Waals surface area contributed by atoms with E-state index < -0.39 is 12.6 Å². The van der Waals surface area contributed by atoms with Crippen LogP contribution in [-0.2, 0) is 19.5 Å². The zero-order valence-electron chi connectivity index (χ0n) is 22.6. The van der Waals surface area contributed by atoms with E-state index in [-0.39, 0.29) is 10.9 Å². The summed E-state index contributed by atoms with van der Waals surface area (Å²) in [5.41, 5.74) is 4.10. The van der Waals surface area contributed by atoms with Gasteiger partial charge >= 0.3 is 6.18 Å². The number of nitrogens with zero attached hydrogens (tertiary/aromatic N) is 6. The van der Waals surface area contributed by atoms with Crippen LogP contribution in [-0.4, -0.2) is 49.7 Å². The number of rotatable bonds is 7. The minimum Gasteiger partial charge on any atom is -0.367 e. The highest BCUT2D eigenvalue weighted by molar-refractivity contribution is 7.18. The summed E-state index contributed by atoms with van der Waals surface area (Å²) in [6, 6.07) is 10.4. The Balaban J connectivity index is 1.12. The molecule has 1 saturated heterocycles. The molecular weight excluding hydrogens is 567 g/mol. The number of nitriles is 1. The molecule has 0 saturated carbocycles. The Bertz CT molecular complexity index is 1750. The van der Waals surface area contributed by atoms with Crippen molar-refractivity contribution in [2.75, 3.05) is 18.4 Å². The van der Waals surface area contributed by atoms with Gasteiger partial charge in [-0.25, -0.2) is 15.0 Å². The number of nitrogens with one attached hydrogen (secondary N) is 1. The minimum absolute atomic E-state index is 0.181. The van der Waals surface area contributed by atoms with Gasteiger partial charge in [0.25, 0.3) is 0 Å². The maximum atomic E-state index is 12.9. The molecule has 0 bridgehead atoms. The summed E-state index contributed by atoms with van der Waals surface area (Å²) in [6.45, 7) is 7.33. The number of aryl methyl sites for hydroxylation is 2. The number of benzene rings is 1. The highest BCUT2D eigenvalue weighted by Gasteiger charge is 2.29. The van der Waals surface area contributed by atoms with Crippen molar-refractivity contribution < 1.29 is 13.2 Å². The van der Waals surface area contributed by atoms with Crippen LogP contribution in [0.3, 0.4) is 0 Å². The number of halogens is 3. The Hall–Kier alpha value is -3.53. The van der Waals surface area contributed by atoms with Crippen LogP contribution in [0, 0.1) is 25.2 Å². The summed E-state index contributed by atoms with van der Waals surface area (Å²) in [6.07, 6.45) is -0.130. The molecule has 6 rings (SSSR count). The van der Waals surface area contributed by atoms with Gasteiger partial charge in [-0.15, -0.1) is 22.7 Å². The lowest BCUT2D eigenvalue weighted by atomic mass is 10.0. The second-order valence-electron chi connectivity index (χ2n) is 10.5. The Kier molecular flexibility index (Phi) is 7.44. The standard InChI is InChI=1S/C29H28F3N7S2/c1-17-13-34-26(40-17)15-39-21(12-33)9-23-18(2)19(3-4-25(23)39)14-38-7-5-20(6-8-38)37-27-24-10-22(11-29(30,31)32)41-28(24)36-16-35-27/h3-4,9-10,13,16,20H,5-8,11,14-15H2,1-2H3,(H,35,36,37). The second kappa shape index (κ2) is 11.0. The first kappa shape index (κ1) is 27.6. The molecule has 1 aliphatic rings. The van der Waals surface area contributed by atoms with Gasteiger partial charge in [0.1, 0.15) is 33.7 Å². The molecule has 41 heavy (non-hydrogen) atoms. The fourth-order valence-electron chi connectivity index (χ4n) is 5.54. The number of hydrogen-bond donors (Lipinski definition) is 1. The number of piperidine rings is 1. The quantitative estimate of drug-likeness (QED) is 0.222. The summed E-state index contributed by atoms with van der Waals surface area (Å²) in [7, 11) is 0. The van der Waals surface area contributed by atoms with Crippen molar-refractivity contribution in [2.24, 2.45) is 0 Å². The van der Waals surface area contributed by atoms with Gasteiger partial charge in [-0.3, -0.25) is 4.90 Å². The van der Waals surface area contributed by atoms with Crippen LogP contribution in [0.15, 0.2) is 36.8 Å². The SMILES string of the molecule is Cc1cnc(Cn2c(C#N)cc3c(C)c(CN4CCC(Nc5ncnc6sc(CC(F)(F)F)cc56)CC4)ccc32)s1. The normalized spacial score (nSPS) is 15.1. The third-order valence-corrected chi connectivity index (χ3v) is 9.56. The zero-order valence-corrected chi connectivity index (χ0v) is 24.3. The van der Waals surface area contributed by atoms with Gasteiger partial charge in [-0.2, -0.15) is 18.4 Å². The average Bonchev–Trinajstić information content (AvgIpc) is 3.63. The van der Waals surface area contributed by atoms with Crippen LogP contribution in [0.2, 0.25) is 0 Å². The molecule has 0 radical (unpaired) electrons. The van der Waals surface area contributed by atoms with Crippen LogP contribution in [0.25, 0.3) is 21.1 Å². The molecule has 0 atom stereocenters. The Morgan fingerprint density at radius 2 is 1.85 bits per heavy atom. The molecule has 212 valence electrons. The van der Waals surface area contributed by atoms with Crippen molar-refractivity contribution >= 4 is 49.6 Å². The molecule has 0 unspecified atom stereocenters. The third-order valence-electron chi connectivity index (χ3n) is 7.62. The lowest BCUT2D eigenvalue weighted by Gasteiger charge is -2.33. The molecule has 4 aromatic heterocycles. The Morgan fingerprint density at radius 1 is 1.05 bits per heavy atom. The number of fused-ring (bicyclic) bond motifs is 2. The van der Waals surface area contributed by atoms with Gasteiger partial charge in [-0.05, 0) is 56.0 Å².